The molecule has 1 aliphatic heterocycles. The maximum atomic E-state index is 13.4. The van der Waals surface area contributed by atoms with Crippen molar-refractivity contribution in [2.75, 3.05) is 26.2 Å². The van der Waals surface area contributed by atoms with Crippen molar-refractivity contribution in [1.29, 1.82) is 0 Å². The van der Waals surface area contributed by atoms with Crippen molar-refractivity contribution in [1.82, 2.24) is 9.80 Å². The second-order valence-electron chi connectivity index (χ2n) is 9.16. The lowest BCUT2D eigenvalue weighted by atomic mass is 10.1. The first-order chi connectivity index (χ1) is 16.1. The third-order valence-electron chi connectivity index (χ3n) is 6.30. The van der Waals surface area contributed by atoms with Crippen molar-refractivity contribution in [3.63, 3.8) is 0 Å². The van der Waals surface area contributed by atoms with Crippen LogP contribution in [0.5, 0.6) is 5.75 Å². The lowest BCUT2D eigenvalue weighted by Crippen LogP contribution is -2.45. The number of benzene rings is 2. The first-order valence-corrected chi connectivity index (χ1v) is 11.9. The molecule has 172 valence electrons. The van der Waals surface area contributed by atoms with Crippen LogP contribution in [-0.2, 0) is 19.7 Å². The summed E-state index contributed by atoms with van der Waals surface area (Å²) in [5.41, 5.74) is 4.34. The van der Waals surface area contributed by atoms with Crippen molar-refractivity contribution in [3.8, 4) is 5.75 Å². The molecule has 0 unspecified atom stereocenters. The molecule has 3 aromatic carbocycles. The van der Waals surface area contributed by atoms with E-state index in [-0.39, 0.29) is 5.43 Å². The second kappa shape index (κ2) is 11.3. The molecule has 0 atom stereocenters. The average Bonchev–Trinajstić information content (AvgIpc) is 2.99. The Morgan fingerprint density at radius 1 is 0.758 bits per heavy atom. The van der Waals surface area contributed by atoms with Gasteiger partial charge in [-0.15, -0.1) is 0 Å². The van der Waals surface area contributed by atoms with E-state index in [1.165, 1.54) is 5.56 Å². The largest absolute Gasteiger partial charge is 0.485 e. The Bertz CT molecular complexity index is 1080. The third-order valence-corrected chi connectivity index (χ3v) is 6.30. The van der Waals surface area contributed by atoms with Crippen molar-refractivity contribution in [2.45, 2.75) is 39.5 Å². The summed E-state index contributed by atoms with van der Waals surface area (Å²) in [6.07, 6.45) is 0. The van der Waals surface area contributed by atoms with Crippen LogP contribution in [0.25, 0.3) is 0 Å². The Morgan fingerprint density at radius 2 is 1.33 bits per heavy atom. The van der Waals surface area contributed by atoms with E-state index in [2.05, 4.69) is 60.0 Å². The van der Waals surface area contributed by atoms with Gasteiger partial charge in [0.05, 0.1) is 0 Å². The van der Waals surface area contributed by atoms with Crippen LogP contribution in [0, 0.1) is 0 Å². The fraction of sp³-hybridized carbons (Fsp3) is 0.345. The van der Waals surface area contributed by atoms with Crippen LogP contribution in [0.15, 0.2) is 83.7 Å². The summed E-state index contributed by atoms with van der Waals surface area (Å²) in [5, 5.41) is 0. The van der Waals surface area contributed by atoms with E-state index in [9.17, 15) is 4.79 Å². The molecule has 0 N–H and O–H groups in total. The van der Waals surface area contributed by atoms with Gasteiger partial charge in [0, 0.05) is 44.8 Å². The van der Waals surface area contributed by atoms with Gasteiger partial charge >= 0.3 is 0 Å². The molecule has 4 heteroatoms. The minimum atomic E-state index is 0.00421. The quantitative estimate of drug-likeness (QED) is 0.488. The van der Waals surface area contributed by atoms with Gasteiger partial charge in [-0.3, -0.25) is 14.6 Å². The van der Waals surface area contributed by atoms with E-state index < -0.39 is 0 Å². The van der Waals surface area contributed by atoms with E-state index in [4.69, 9.17) is 4.74 Å². The molecule has 0 spiro atoms. The van der Waals surface area contributed by atoms with Gasteiger partial charge in [0.2, 0.25) is 5.43 Å². The Morgan fingerprint density at radius 3 is 1.94 bits per heavy atom. The highest BCUT2D eigenvalue weighted by Crippen LogP contribution is 2.19. The Labute approximate surface area is 197 Å². The number of hydrogen-bond donors (Lipinski definition) is 0. The molecule has 0 aromatic heterocycles. The van der Waals surface area contributed by atoms with Crippen molar-refractivity contribution >= 4 is 0 Å². The summed E-state index contributed by atoms with van der Waals surface area (Å²) in [5.74, 6) is 0.774. The number of rotatable bonds is 8. The minimum absolute atomic E-state index is 0.00421. The van der Waals surface area contributed by atoms with Gasteiger partial charge in [-0.05, 0) is 28.7 Å². The van der Waals surface area contributed by atoms with Gasteiger partial charge in [-0.1, -0.05) is 86.6 Å². The highest BCUT2D eigenvalue weighted by Gasteiger charge is 2.19. The zero-order valence-corrected chi connectivity index (χ0v) is 19.7. The van der Waals surface area contributed by atoms with Gasteiger partial charge in [0.1, 0.15) is 6.61 Å². The van der Waals surface area contributed by atoms with Crippen LogP contribution in [0.3, 0.4) is 0 Å². The number of piperazine rings is 1. The predicted octanol–water partition coefficient (Wildman–Crippen LogP) is 5.07. The summed E-state index contributed by atoms with van der Waals surface area (Å²) in [4.78, 5) is 18.3. The molecule has 33 heavy (non-hydrogen) atoms. The fourth-order valence-electron chi connectivity index (χ4n) is 4.21. The maximum absolute atomic E-state index is 13.4. The van der Waals surface area contributed by atoms with E-state index in [0.29, 0.717) is 24.8 Å². The van der Waals surface area contributed by atoms with Gasteiger partial charge < -0.3 is 4.74 Å². The Hall–Kier alpha value is -2.95. The minimum Gasteiger partial charge on any atom is -0.485 e. The molecule has 0 radical (unpaired) electrons. The first kappa shape index (κ1) is 23.2. The lowest BCUT2D eigenvalue weighted by molar-refractivity contribution is 0.121. The van der Waals surface area contributed by atoms with Crippen LogP contribution in [0.1, 0.15) is 42.0 Å². The SMILES string of the molecule is CC(C)c1ccc(CN2CCN(Cc3ccccc3)CC2)c(=O)c(OCc2ccccc2)c1. The molecule has 0 amide bonds. The molecular formula is C29H34N2O2. The Kier molecular flexibility index (Phi) is 7.92. The molecule has 3 aromatic rings. The highest BCUT2D eigenvalue weighted by molar-refractivity contribution is 5.34. The molecule has 0 aliphatic carbocycles. The molecule has 1 saturated heterocycles. The van der Waals surface area contributed by atoms with E-state index in [1.54, 1.807) is 0 Å². The van der Waals surface area contributed by atoms with Crippen LogP contribution < -0.4 is 10.2 Å². The molecular weight excluding hydrogens is 408 g/mol. The van der Waals surface area contributed by atoms with E-state index in [1.807, 2.05) is 42.5 Å². The van der Waals surface area contributed by atoms with Crippen LogP contribution >= 0.6 is 0 Å². The highest BCUT2D eigenvalue weighted by atomic mass is 16.5. The maximum Gasteiger partial charge on any atom is 0.224 e. The zero-order chi connectivity index (χ0) is 23.0. The number of nitrogens with zero attached hydrogens (tertiary/aromatic N) is 2. The monoisotopic (exact) mass is 442 g/mol. The van der Waals surface area contributed by atoms with E-state index >= 15 is 0 Å². The summed E-state index contributed by atoms with van der Waals surface area (Å²) in [6, 6.07) is 26.6. The predicted molar refractivity (Wildman–Crippen MR) is 135 cm³/mol. The van der Waals surface area contributed by atoms with Crippen LogP contribution in [-0.4, -0.2) is 36.0 Å². The molecule has 0 bridgehead atoms. The molecule has 0 saturated carbocycles. The molecule has 4 rings (SSSR count). The van der Waals surface area contributed by atoms with Crippen LogP contribution in [0.4, 0.5) is 0 Å². The number of ether oxygens (including phenoxy) is 1. The van der Waals surface area contributed by atoms with Gasteiger partial charge in [0.25, 0.3) is 0 Å². The standard InChI is InChI=1S/C29H34N2O2/c1-23(2)26-13-14-27(29(32)28(19-26)33-22-25-11-7-4-8-12-25)21-31-17-15-30(16-18-31)20-24-9-5-3-6-10-24/h3-14,19,23H,15-18,20-22H2,1-2H3. The van der Waals surface area contributed by atoms with Crippen LogP contribution in [0.2, 0.25) is 0 Å². The molecule has 1 fully saturated rings. The van der Waals surface area contributed by atoms with Gasteiger partial charge in [-0.25, -0.2) is 0 Å². The lowest BCUT2D eigenvalue weighted by Gasteiger charge is -2.34. The topological polar surface area (TPSA) is 32.8 Å². The Balaban J connectivity index is 1.44. The molecule has 1 aliphatic rings. The fourth-order valence-corrected chi connectivity index (χ4v) is 4.21. The third kappa shape index (κ3) is 6.53. The van der Waals surface area contributed by atoms with Crippen molar-refractivity contribution in [3.05, 3.63) is 111 Å². The molecule has 4 nitrogen and oxygen atoms in total. The summed E-state index contributed by atoms with van der Waals surface area (Å²) in [7, 11) is 0. The normalized spacial score (nSPS) is 15.0. The summed E-state index contributed by atoms with van der Waals surface area (Å²) >= 11 is 0. The average molecular weight is 443 g/mol. The second-order valence-corrected chi connectivity index (χ2v) is 9.16. The van der Waals surface area contributed by atoms with Gasteiger partial charge in [-0.2, -0.15) is 0 Å². The van der Waals surface area contributed by atoms with Crippen molar-refractivity contribution in [2.24, 2.45) is 0 Å². The summed E-state index contributed by atoms with van der Waals surface area (Å²) in [6.45, 7) is 10.3. The van der Waals surface area contributed by atoms with Gasteiger partial charge in [0.15, 0.2) is 5.75 Å². The molecule has 1 heterocycles. The van der Waals surface area contributed by atoms with E-state index in [0.717, 1.165) is 49.4 Å². The zero-order valence-electron chi connectivity index (χ0n) is 19.7. The summed E-state index contributed by atoms with van der Waals surface area (Å²) < 4.78 is 6.05. The van der Waals surface area contributed by atoms with Crippen molar-refractivity contribution < 1.29 is 4.74 Å². The first-order valence-electron chi connectivity index (χ1n) is 11.9. The number of hydrogen-bond acceptors (Lipinski definition) is 4. The smallest absolute Gasteiger partial charge is 0.224 e.